The van der Waals surface area contributed by atoms with Crippen LogP contribution in [0.15, 0.2) is 27.7 Å². The van der Waals surface area contributed by atoms with Crippen molar-refractivity contribution in [2.45, 2.75) is 39.3 Å². The molecule has 116 valence electrons. The second-order valence-electron chi connectivity index (χ2n) is 5.66. The number of aromatic amines is 1. The van der Waals surface area contributed by atoms with E-state index < -0.39 is 0 Å². The number of halogens is 1. The maximum absolute atomic E-state index is 12.3. The molecular formula is C16H19BrN4O. The van der Waals surface area contributed by atoms with Crippen molar-refractivity contribution < 1.29 is 0 Å². The molecule has 1 aliphatic rings. The largest absolute Gasteiger partial charge is 0.310 e. The van der Waals surface area contributed by atoms with Gasteiger partial charge < -0.3 is 4.98 Å². The van der Waals surface area contributed by atoms with E-state index in [1.165, 1.54) is 0 Å². The van der Waals surface area contributed by atoms with Crippen molar-refractivity contribution in [3.05, 3.63) is 55.9 Å². The predicted molar refractivity (Wildman–Crippen MR) is 88.6 cm³/mol. The average molecular weight is 363 g/mol. The van der Waals surface area contributed by atoms with Gasteiger partial charge in [-0.1, -0.05) is 6.92 Å². The number of nitrogens with zero attached hydrogens (tertiary/aromatic N) is 3. The Labute approximate surface area is 137 Å². The summed E-state index contributed by atoms with van der Waals surface area (Å²) in [6.45, 7) is 4.45. The monoisotopic (exact) mass is 362 g/mol. The molecule has 0 radical (unpaired) electrons. The lowest BCUT2D eigenvalue weighted by molar-refractivity contribution is 0.241. The highest BCUT2D eigenvalue weighted by atomic mass is 79.9. The van der Waals surface area contributed by atoms with Crippen LogP contribution in [0.3, 0.4) is 0 Å². The minimum atomic E-state index is 0.0190. The molecular weight excluding hydrogens is 344 g/mol. The van der Waals surface area contributed by atoms with Crippen molar-refractivity contribution in [1.29, 1.82) is 0 Å². The molecule has 6 heteroatoms. The van der Waals surface area contributed by atoms with Crippen molar-refractivity contribution >= 4 is 15.9 Å². The van der Waals surface area contributed by atoms with Crippen LogP contribution < -0.4 is 5.56 Å². The third-order valence-electron chi connectivity index (χ3n) is 3.85. The van der Waals surface area contributed by atoms with Gasteiger partial charge in [-0.3, -0.25) is 14.7 Å². The number of nitrogens with one attached hydrogen (secondary N) is 1. The summed E-state index contributed by atoms with van der Waals surface area (Å²) in [6.07, 6.45) is 6.29. The van der Waals surface area contributed by atoms with Crippen LogP contribution in [0.4, 0.5) is 0 Å². The number of pyridine rings is 1. The number of aromatic nitrogens is 3. The number of hydrogen-bond donors (Lipinski definition) is 1. The highest BCUT2D eigenvalue weighted by Gasteiger charge is 2.21. The minimum absolute atomic E-state index is 0.0190. The first kappa shape index (κ1) is 15.4. The van der Waals surface area contributed by atoms with Crippen LogP contribution in [0, 0.1) is 0 Å². The van der Waals surface area contributed by atoms with Gasteiger partial charge in [0, 0.05) is 49.3 Å². The van der Waals surface area contributed by atoms with Gasteiger partial charge in [0.2, 0.25) is 0 Å². The maximum atomic E-state index is 12.3. The summed E-state index contributed by atoms with van der Waals surface area (Å²) in [4.78, 5) is 26.3. The Hall–Kier alpha value is -1.53. The number of aryl methyl sites for hydroxylation is 1. The van der Waals surface area contributed by atoms with E-state index in [9.17, 15) is 4.79 Å². The van der Waals surface area contributed by atoms with Crippen molar-refractivity contribution in [2.24, 2.45) is 0 Å². The fourth-order valence-electron chi connectivity index (χ4n) is 2.82. The molecule has 2 aromatic heterocycles. The molecule has 0 saturated carbocycles. The molecule has 0 aliphatic carbocycles. The lowest BCUT2D eigenvalue weighted by atomic mass is 10.1. The number of rotatable bonds is 4. The molecule has 3 heterocycles. The highest BCUT2D eigenvalue weighted by Crippen LogP contribution is 2.18. The topological polar surface area (TPSA) is 61.9 Å². The van der Waals surface area contributed by atoms with Gasteiger partial charge in [0.05, 0.1) is 11.3 Å². The van der Waals surface area contributed by atoms with Crippen molar-refractivity contribution in [1.82, 2.24) is 19.9 Å². The molecule has 0 amide bonds. The summed E-state index contributed by atoms with van der Waals surface area (Å²) >= 11 is 3.44. The van der Waals surface area contributed by atoms with Crippen molar-refractivity contribution in [3.8, 4) is 0 Å². The zero-order chi connectivity index (χ0) is 15.5. The zero-order valence-corrected chi connectivity index (χ0v) is 14.2. The van der Waals surface area contributed by atoms with Crippen LogP contribution in [0.5, 0.6) is 0 Å². The second kappa shape index (κ2) is 6.71. The van der Waals surface area contributed by atoms with Crippen molar-refractivity contribution in [2.75, 3.05) is 6.54 Å². The van der Waals surface area contributed by atoms with E-state index in [0.29, 0.717) is 6.54 Å². The third kappa shape index (κ3) is 3.44. The normalized spacial score (nSPS) is 14.8. The van der Waals surface area contributed by atoms with Crippen LogP contribution >= 0.6 is 15.9 Å². The molecule has 0 fully saturated rings. The number of fused-ring (bicyclic) bond motifs is 1. The summed E-state index contributed by atoms with van der Waals surface area (Å²) in [6, 6.07) is 2.06. The van der Waals surface area contributed by atoms with Crippen LogP contribution in [0.2, 0.25) is 0 Å². The van der Waals surface area contributed by atoms with E-state index in [4.69, 9.17) is 0 Å². The molecule has 22 heavy (non-hydrogen) atoms. The molecule has 1 N–H and O–H groups in total. The molecule has 0 aromatic carbocycles. The standard InChI is InChI=1S/C16H19BrN4O/c1-2-3-15-19-14-4-5-21(10-13(14)16(22)20-15)9-11-6-12(17)8-18-7-11/h6-8H,2-5,9-10H2,1H3,(H,19,20,22). The molecule has 2 aromatic rings. The number of hydrogen-bond acceptors (Lipinski definition) is 4. The van der Waals surface area contributed by atoms with Crippen LogP contribution in [-0.4, -0.2) is 26.4 Å². The first-order valence-electron chi connectivity index (χ1n) is 7.58. The van der Waals surface area contributed by atoms with Gasteiger partial charge in [-0.2, -0.15) is 0 Å². The van der Waals surface area contributed by atoms with Gasteiger partial charge in [-0.25, -0.2) is 4.98 Å². The fourth-order valence-corrected chi connectivity index (χ4v) is 3.24. The van der Waals surface area contributed by atoms with Gasteiger partial charge in [-0.15, -0.1) is 0 Å². The number of H-pyrrole nitrogens is 1. The van der Waals surface area contributed by atoms with E-state index >= 15 is 0 Å². The lowest BCUT2D eigenvalue weighted by Gasteiger charge is -2.27. The van der Waals surface area contributed by atoms with Crippen LogP contribution in [-0.2, 0) is 25.9 Å². The Balaban J connectivity index is 1.78. The first-order chi connectivity index (χ1) is 10.7. The highest BCUT2D eigenvalue weighted by molar-refractivity contribution is 9.10. The fraction of sp³-hybridized carbons (Fsp3) is 0.438. The predicted octanol–water partition coefficient (Wildman–Crippen LogP) is 2.44. The third-order valence-corrected chi connectivity index (χ3v) is 4.28. The maximum Gasteiger partial charge on any atom is 0.255 e. The second-order valence-corrected chi connectivity index (χ2v) is 6.58. The summed E-state index contributed by atoms with van der Waals surface area (Å²) in [5.74, 6) is 0.816. The quantitative estimate of drug-likeness (QED) is 0.907. The zero-order valence-electron chi connectivity index (χ0n) is 12.6. The van der Waals surface area contributed by atoms with E-state index in [1.807, 2.05) is 6.20 Å². The molecule has 5 nitrogen and oxygen atoms in total. The molecule has 0 bridgehead atoms. The SMILES string of the molecule is CCCc1nc2c(c(=O)[nH]1)CN(Cc1cncc(Br)c1)CC2. The Morgan fingerprint density at radius 2 is 2.27 bits per heavy atom. The summed E-state index contributed by atoms with van der Waals surface area (Å²) in [7, 11) is 0. The molecule has 0 atom stereocenters. The molecule has 0 unspecified atom stereocenters. The first-order valence-corrected chi connectivity index (χ1v) is 8.37. The van der Waals surface area contributed by atoms with Gasteiger partial charge >= 0.3 is 0 Å². The molecule has 0 spiro atoms. The molecule has 1 aliphatic heterocycles. The summed E-state index contributed by atoms with van der Waals surface area (Å²) in [5.41, 5.74) is 2.94. The van der Waals surface area contributed by atoms with E-state index in [0.717, 1.165) is 59.5 Å². The van der Waals surface area contributed by atoms with E-state index in [2.05, 4.69) is 48.8 Å². The lowest BCUT2D eigenvalue weighted by Crippen LogP contribution is -2.35. The van der Waals surface area contributed by atoms with Crippen molar-refractivity contribution in [3.63, 3.8) is 0 Å². The van der Waals surface area contributed by atoms with E-state index in [-0.39, 0.29) is 5.56 Å². The molecule has 0 saturated heterocycles. The van der Waals surface area contributed by atoms with E-state index in [1.54, 1.807) is 6.20 Å². The van der Waals surface area contributed by atoms with Crippen LogP contribution in [0.25, 0.3) is 0 Å². The summed E-state index contributed by atoms with van der Waals surface area (Å²) < 4.78 is 0.978. The van der Waals surface area contributed by atoms with Gasteiger partial charge in [0.15, 0.2) is 0 Å². The Morgan fingerprint density at radius 1 is 1.41 bits per heavy atom. The van der Waals surface area contributed by atoms with Gasteiger partial charge in [0.1, 0.15) is 5.82 Å². The minimum Gasteiger partial charge on any atom is -0.310 e. The van der Waals surface area contributed by atoms with Crippen LogP contribution in [0.1, 0.15) is 36.0 Å². The molecule has 3 rings (SSSR count). The van der Waals surface area contributed by atoms with Gasteiger partial charge in [-0.05, 0) is 34.0 Å². The average Bonchev–Trinajstić information content (AvgIpc) is 2.48. The smallest absolute Gasteiger partial charge is 0.255 e. The van der Waals surface area contributed by atoms with Gasteiger partial charge in [0.25, 0.3) is 5.56 Å². The Morgan fingerprint density at radius 3 is 3.05 bits per heavy atom. The Kier molecular flexibility index (Phi) is 4.69. The Bertz CT molecular complexity index is 728. The summed E-state index contributed by atoms with van der Waals surface area (Å²) in [5, 5.41) is 0.